The second-order valence-electron chi connectivity index (χ2n) is 7.99. The Morgan fingerprint density at radius 2 is 1.68 bits per heavy atom. The third kappa shape index (κ3) is 4.54. The molecule has 0 aliphatic heterocycles. The van der Waals surface area contributed by atoms with Crippen molar-refractivity contribution in [2.24, 2.45) is 0 Å². The number of aromatic nitrogens is 3. The Bertz CT molecular complexity index is 1380. The van der Waals surface area contributed by atoms with Gasteiger partial charge in [0.1, 0.15) is 17.1 Å². The van der Waals surface area contributed by atoms with Crippen molar-refractivity contribution in [1.29, 1.82) is 0 Å². The van der Waals surface area contributed by atoms with E-state index in [-0.39, 0.29) is 21.6 Å². The summed E-state index contributed by atoms with van der Waals surface area (Å²) in [6, 6.07) is 13.1. The monoisotopic (exact) mass is 498 g/mol. The first kappa shape index (κ1) is 23.9. The van der Waals surface area contributed by atoms with Gasteiger partial charge in [0.15, 0.2) is 0 Å². The van der Waals surface area contributed by atoms with E-state index in [1.54, 1.807) is 22.9 Å². The molecule has 0 atom stereocenters. The number of fused-ring (bicyclic) bond motifs is 1. The van der Waals surface area contributed by atoms with Crippen LogP contribution in [-0.2, 0) is 6.54 Å². The zero-order valence-electron chi connectivity index (χ0n) is 19.2. The Balaban J connectivity index is 2.04. The second-order valence-corrected chi connectivity index (χ2v) is 8.75. The van der Waals surface area contributed by atoms with E-state index in [4.69, 9.17) is 32.7 Å². The smallest absolute Gasteiger partial charge is 0.260 e. The number of hydrogen-bond acceptors (Lipinski definition) is 6. The Morgan fingerprint density at radius 1 is 1.03 bits per heavy atom. The highest BCUT2D eigenvalue weighted by atomic mass is 35.5. The molecule has 0 amide bonds. The number of benzene rings is 2. The molecular weight excluding hydrogens is 475 g/mol. The molecule has 0 aliphatic carbocycles. The van der Waals surface area contributed by atoms with Gasteiger partial charge in [-0.25, -0.2) is 4.98 Å². The first-order valence-electron chi connectivity index (χ1n) is 10.7. The van der Waals surface area contributed by atoms with E-state index in [9.17, 15) is 4.79 Å². The van der Waals surface area contributed by atoms with Crippen molar-refractivity contribution in [1.82, 2.24) is 14.5 Å². The molecule has 0 bridgehead atoms. The minimum Gasteiger partial charge on any atom is -0.495 e. The summed E-state index contributed by atoms with van der Waals surface area (Å²) >= 11 is 13.3. The molecule has 34 heavy (non-hydrogen) atoms. The highest BCUT2D eigenvalue weighted by Crippen LogP contribution is 2.45. The van der Waals surface area contributed by atoms with Gasteiger partial charge in [-0.15, -0.1) is 0 Å². The van der Waals surface area contributed by atoms with Crippen molar-refractivity contribution >= 4 is 40.2 Å². The number of ether oxygens (including phenoxy) is 2. The quantitative estimate of drug-likeness (QED) is 0.354. The number of rotatable bonds is 7. The summed E-state index contributed by atoms with van der Waals surface area (Å²) in [5, 5.41) is 4.29. The van der Waals surface area contributed by atoms with Crippen LogP contribution in [0.5, 0.6) is 11.5 Å². The maximum Gasteiger partial charge on any atom is 0.260 e. The molecule has 2 aromatic carbocycles. The van der Waals surface area contributed by atoms with Crippen molar-refractivity contribution in [3.8, 4) is 22.6 Å². The van der Waals surface area contributed by atoms with Crippen LogP contribution < -0.4 is 20.3 Å². The summed E-state index contributed by atoms with van der Waals surface area (Å²) in [5.41, 5.74) is 1.77. The van der Waals surface area contributed by atoms with Crippen LogP contribution in [0.15, 0.2) is 53.5 Å². The van der Waals surface area contributed by atoms with Crippen molar-refractivity contribution in [3.63, 3.8) is 0 Å². The molecule has 9 heteroatoms. The number of nitrogens with one attached hydrogen (secondary N) is 1. The van der Waals surface area contributed by atoms with Gasteiger partial charge in [-0.2, -0.15) is 4.98 Å². The van der Waals surface area contributed by atoms with Gasteiger partial charge in [0.2, 0.25) is 5.95 Å². The Kier molecular flexibility index (Phi) is 6.95. The van der Waals surface area contributed by atoms with Gasteiger partial charge >= 0.3 is 0 Å². The van der Waals surface area contributed by atoms with Gasteiger partial charge < -0.3 is 14.8 Å². The summed E-state index contributed by atoms with van der Waals surface area (Å²) in [5.74, 6) is 1.13. The Hall–Kier alpha value is -3.29. The van der Waals surface area contributed by atoms with E-state index in [0.29, 0.717) is 46.2 Å². The average molecular weight is 499 g/mol. The van der Waals surface area contributed by atoms with Crippen molar-refractivity contribution < 1.29 is 9.47 Å². The third-order valence-electron chi connectivity index (χ3n) is 5.27. The fourth-order valence-corrected chi connectivity index (χ4v) is 4.40. The van der Waals surface area contributed by atoms with Crippen LogP contribution in [-0.4, -0.2) is 34.8 Å². The number of nitrogens with zero attached hydrogens (tertiary/aromatic N) is 3. The minimum atomic E-state index is -0.301. The SMILES string of the molecule is COc1cc(OC)c(Cl)c(-c2cc3cnc(NC(C)C)nc3n(Cc3ccccc3)c2=O)c1Cl. The van der Waals surface area contributed by atoms with Gasteiger partial charge in [-0.1, -0.05) is 53.5 Å². The fourth-order valence-electron chi connectivity index (χ4n) is 3.70. The van der Waals surface area contributed by atoms with Crippen molar-refractivity contribution in [2.45, 2.75) is 26.4 Å². The average Bonchev–Trinajstić information content (AvgIpc) is 2.82. The molecule has 0 unspecified atom stereocenters. The number of anilines is 1. The summed E-state index contributed by atoms with van der Waals surface area (Å²) < 4.78 is 12.4. The fraction of sp³-hybridized carbons (Fsp3) is 0.240. The predicted octanol–water partition coefficient (Wildman–Crippen LogP) is 5.65. The van der Waals surface area contributed by atoms with Crippen LogP contribution in [0.3, 0.4) is 0 Å². The molecule has 1 N–H and O–H groups in total. The topological polar surface area (TPSA) is 78.3 Å². The maximum atomic E-state index is 13.9. The molecule has 0 saturated heterocycles. The molecule has 0 spiro atoms. The van der Waals surface area contributed by atoms with E-state index in [0.717, 1.165) is 5.56 Å². The van der Waals surface area contributed by atoms with E-state index in [1.807, 2.05) is 44.2 Å². The normalized spacial score (nSPS) is 11.1. The zero-order chi connectivity index (χ0) is 24.4. The molecule has 176 valence electrons. The molecule has 0 aliphatic rings. The van der Waals surface area contributed by atoms with Crippen LogP contribution >= 0.6 is 23.2 Å². The Morgan fingerprint density at radius 3 is 2.26 bits per heavy atom. The lowest BCUT2D eigenvalue weighted by atomic mass is 10.0. The van der Waals surface area contributed by atoms with Crippen LogP contribution in [0.1, 0.15) is 19.4 Å². The van der Waals surface area contributed by atoms with Gasteiger partial charge in [0.25, 0.3) is 5.56 Å². The highest BCUT2D eigenvalue weighted by molar-refractivity contribution is 6.41. The molecular formula is C25H24Cl2N4O3. The van der Waals surface area contributed by atoms with E-state index in [2.05, 4.69) is 15.3 Å². The number of pyridine rings is 1. The van der Waals surface area contributed by atoms with Gasteiger partial charge in [0, 0.05) is 29.3 Å². The van der Waals surface area contributed by atoms with Crippen LogP contribution in [0, 0.1) is 0 Å². The standard InChI is InChI=1S/C25H24Cl2N4O3/c1-14(2)29-25-28-12-16-10-17(20-21(26)18(33-3)11-19(34-4)22(20)27)24(32)31(23(16)30-25)13-15-8-6-5-7-9-15/h5-12,14H,13H2,1-4H3,(H,28,29,30). The number of halogens is 2. The van der Waals surface area contributed by atoms with Gasteiger partial charge in [-0.05, 0) is 25.5 Å². The van der Waals surface area contributed by atoms with Gasteiger partial charge in [0.05, 0.1) is 36.4 Å². The van der Waals surface area contributed by atoms with E-state index < -0.39 is 0 Å². The lowest BCUT2D eigenvalue weighted by Gasteiger charge is -2.17. The van der Waals surface area contributed by atoms with Crippen LogP contribution in [0.2, 0.25) is 10.0 Å². The minimum absolute atomic E-state index is 0.132. The molecule has 2 aromatic heterocycles. The van der Waals surface area contributed by atoms with E-state index >= 15 is 0 Å². The first-order valence-corrected chi connectivity index (χ1v) is 11.4. The first-order chi connectivity index (χ1) is 16.3. The molecule has 4 aromatic rings. The van der Waals surface area contributed by atoms with Gasteiger partial charge in [-0.3, -0.25) is 9.36 Å². The second kappa shape index (κ2) is 9.91. The molecule has 2 heterocycles. The van der Waals surface area contributed by atoms with Crippen LogP contribution in [0.25, 0.3) is 22.2 Å². The molecule has 0 saturated carbocycles. The maximum absolute atomic E-state index is 13.9. The van der Waals surface area contributed by atoms with Crippen molar-refractivity contribution in [2.75, 3.05) is 19.5 Å². The molecule has 0 fully saturated rings. The lowest BCUT2D eigenvalue weighted by molar-refractivity contribution is 0.395. The Labute approximate surface area is 207 Å². The molecule has 4 rings (SSSR count). The van der Waals surface area contributed by atoms with E-state index in [1.165, 1.54) is 14.2 Å². The summed E-state index contributed by atoms with van der Waals surface area (Å²) in [4.78, 5) is 23.0. The molecule has 7 nitrogen and oxygen atoms in total. The number of methoxy groups -OCH3 is 2. The number of hydrogen-bond donors (Lipinski definition) is 1. The molecule has 0 radical (unpaired) electrons. The van der Waals surface area contributed by atoms with Crippen molar-refractivity contribution in [3.05, 3.63) is 74.6 Å². The van der Waals surface area contributed by atoms with Crippen LogP contribution in [0.4, 0.5) is 5.95 Å². The zero-order valence-corrected chi connectivity index (χ0v) is 20.7. The summed E-state index contributed by atoms with van der Waals surface area (Å²) in [6.07, 6.45) is 1.68. The highest BCUT2D eigenvalue weighted by Gasteiger charge is 2.23. The lowest BCUT2D eigenvalue weighted by Crippen LogP contribution is -2.24. The predicted molar refractivity (Wildman–Crippen MR) is 137 cm³/mol. The largest absolute Gasteiger partial charge is 0.495 e. The summed E-state index contributed by atoms with van der Waals surface area (Å²) in [6.45, 7) is 4.29. The summed E-state index contributed by atoms with van der Waals surface area (Å²) in [7, 11) is 2.98. The third-order valence-corrected chi connectivity index (χ3v) is 6.02.